The number of carbonyl (C=O) groups excluding carboxylic acids is 1. The molecule has 1 amide bonds. The topological polar surface area (TPSA) is 50.4 Å². The van der Waals surface area contributed by atoms with Crippen molar-refractivity contribution in [2.75, 3.05) is 20.1 Å². The zero-order valence-corrected chi connectivity index (χ0v) is 19.4. The van der Waals surface area contributed by atoms with Crippen LogP contribution in [0.15, 0.2) is 78.9 Å². The lowest BCUT2D eigenvalue weighted by molar-refractivity contribution is 0.0954. The molecule has 0 saturated heterocycles. The standard InChI is InChI=1S/C29H34N2O2/c1-30-19-20-31-29(32)26-13-17-28(18-14-26)33-27-15-9-23(10-16-27)21-22-7-11-25(12-8-22)24-5-3-2-4-6-24/h2-8,11-14,17-18,23,27,30H,9-10,15-16,19-21H2,1H3,(H,31,32). The second-order valence-corrected chi connectivity index (χ2v) is 8.91. The average molecular weight is 443 g/mol. The molecule has 0 bridgehead atoms. The Morgan fingerprint density at radius 1 is 0.818 bits per heavy atom. The van der Waals surface area contributed by atoms with Crippen molar-refractivity contribution >= 4 is 5.91 Å². The van der Waals surface area contributed by atoms with E-state index in [1.54, 1.807) is 0 Å². The molecule has 172 valence electrons. The Kier molecular flexibility index (Phi) is 8.15. The third kappa shape index (κ3) is 6.69. The summed E-state index contributed by atoms with van der Waals surface area (Å²) in [5.74, 6) is 1.52. The molecule has 3 aromatic carbocycles. The van der Waals surface area contributed by atoms with Gasteiger partial charge in [0.05, 0.1) is 6.10 Å². The summed E-state index contributed by atoms with van der Waals surface area (Å²) in [5, 5.41) is 5.91. The summed E-state index contributed by atoms with van der Waals surface area (Å²) in [7, 11) is 1.87. The fraction of sp³-hybridized carbons (Fsp3) is 0.345. The average Bonchev–Trinajstić information content (AvgIpc) is 2.87. The number of hydrogen-bond acceptors (Lipinski definition) is 3. The molecule has 0 aliphatic heterocycles. The van der Waals surface area contributed by atoms with Gasteiger partial charge in [0.2, 0.25) is 0 Å². The van der Waals surface area contributed by atoms with Gasteiger partial charge in [0, 0.05) is 18.7 Å². The Balaban J connectivity index is 1.22. The Bertz CT molecular complexity index is 992. The summed E-state index contributed by atoms with van der Waals surface area (Å²) in [6.45, 7) is 1.38. The third-order valence-corrected chi connectivity index (χ3v) is 6.46. The van der Waals surface area contributed by atoms with Crippen LogP contribution in [0.2, 0.25) is 0 Å². The first-order valence-corrected chi connectivity index (χ1v) is 12.0. The van der Waals surface area contributed by atoms with Gasteiger partial charge in [0.25, 0.3) is 5.91 Å². The first-order valence-electron chi connectivity index (χ1n) is 12.0. The normalized spacial score (nSPS) is 18.0. The van der Waals surface area contributed by atoms with Crippen molar-refractivity contribution in [3.05, 3.63) is 90.0 Å². The maximum absolute atomic E-state index is 12.1. The Morgan fingerprint density at radius 2 is 1.48 bits per heavy atom. The van der Waals surface area contributed by atoms with E-state index in [9.17, 15) is 4.79 Å². The van der Waals surface area contributed by atoms with Gasteiger partial charge in [-0.25, -0.2) is 0 Å². The summed E-state index contributed by atoms with van der Waals surface area (Å²) >= 11 is 0. The van der Waals surface area contributed by atoms with E-state index < -0.39 is 0 Å². The Labute approximate surface area is 197 Å². The number of benzene rings is 3. The first kappa shape index (κ1) is 23.1. The van der Waals surface area contributed by atoms with Gasteiger partial charge in [-0.2, -0.15) is 0 Å². The van der Waals surface area contributed by atoms with Crippen molar-refractivity contribution in [3.8, 4) is 16.9 Å². The number of rotatable bonds is 9. The lowest BCUT2D eigenvalue weighted by Crippen LogP contribution is -2.30. The third-order valence-electron chi connectivity index (χ3n) is 6.46. The van der Waals surface area contributed by atoms with Crippen LogP contribution in [0, 0.1) is 5.92 Å². The second kappa shape index (κ2) is 11.7. The number of hydrogen-bond donors (Lipinski definition) is 2. The maximum Gasteiger partial charge on any atom is 0.251 e. The van der Waals surface area contributed by atoms with Crippen LogP contribution in [0.1, 0.15) is 41.6 Å². The molecule has 0 unspecified atom stereocenters. The highest BCUT2D eigenvalue weighted by atomic mass is 16.5. The molecule has 4 rings (SSSR count). The van der Waals surface area contributed by atoms with Gasteiger partial charge in [0.1, 0.15) is 5.75 Å². The number of ether oxygens (including phenoxy) is 1. The van der Waals surface area contributed by atoms with Crippen LogP contribution in [-0.2, 0) is 6.42 Å². The van der Waals surface area contributed by atoms with Crippen molar-refractivity contribution < 1.29 is 9.53 Å². The fourth-order valence-corrected chi connectivity index (χ4v) is 4.53. The molecular formula is C29H34N2O2. The van der Waals surface area contributed by atoms with Crippen LogP contribution >= 0.6 is 0 Å². The Morgan fingerprint density at radius 3 is 2.15 bits per heavy atom. The summed E-state index contributed by atoms with van der Waals surface area (Å²) in [6, 6.07) is 27.1. The summed E-state index contributed by atoms with van der Waals surface area (Å²) < 4.78 is 6.21. The van der Waals surface area contributed by atoms with Crippen molar-refractivity contribution in [2.24, 2.45) is 5.92 Å². The zero-order chi connectivity index (χ0) is 22.9. The molecule has 0 heterocycles. The summed E-state index contributed by atoms with van der Waals surface area (Å²) in [4.78, 5) is 12.1. The molecule has 4 heteroatoms. The predicted octanol–water partition coefficient (Wildman–Crippen LogP) is 5.48. The van der Waals surface area contributed by atoms with E-state index in [0.29, 0.717) is 12.1 Å². The molecule has 1 saturated carbocycles. The first-order chi connectivity index (χ1) is 16.2. The molecule has 33 heavy (non-hydrogen) atoms. The van der Waals surface area contributed by atoms with E-state index in [0.717, 1.165) is 37.5 Å². The van der Waals surface area contributed by atoms with Gasteiger partial charge in [-0.3, -0.25) is 4.79 Å². The molecule has 2 N–H and O–H groups in total. The van der Waals surface area contributed by atoms with Crippen LogP contribution in [-0.4, -0.2) is 32.1 Å². The molecule has 1 fully saturated rings. The van der Waals surface area contributed by atoms with E-state index in [2.05, 4.69) is 65.2 Å². The second-order valence-electron chi connectivity index (χ2n) is 8.91. The van der Waals surface area contributed by atoms with Crippen molar-refractivity contribution in [1.29, 1.82) is 0 Å². The smallest absolute Gasteiger partial charge is 0.251 e. The van der Waals surface area contributed by atoms with E-state index in [4.69, 9.17) is 4.74 Å². The summed E-state index contributed by atoms with van der Waals surface area (Å²) in [5.41, 5.74) is 4.63. The predicted molar refractivity (Wildman–Crippen MR) is 135 cm³/mol. The van der Waals surface area contributed by atoms with Gasteiger partial charge in [0.15, 0.2) is 0 Å². The largest absolute Gasteiger partial charge is 0.490 e. The van der Waals surface area contributed by atoms with Crippen LogP contribution in [0.25, 0.3) is 11.1 Å². The minimum Gasteiger partial charge on any atom is -0.490 e. The Hall–Kier alpha value is -3.11. The number of carbonyl (C=O) groups is 1. The highest BCUT2D eigenvalue weighted by Gasteiger charge is 2.22. The molecule has 0 atom stereocenters. The monoisotopic (exact) mass is 442 g/mol. The summed E-state index contributed by atoms with van der Waals surface area (Å²) in [6.07, 6.45) is 5.95. The number of likely N-dealkylation sites (N-methyl/N-ethyl adjacent to an activating group) is 1. The van der Waals surface area contributed by atoms with E-state index in [1.807, 2.05) is 31.3 Å². The number of nitrogens with one attached hydrogen (secondary N) is 2. The minimum atomic E-state index is -0.0471. The van der Waals surface area contributed by atoms with E-state index in [1.165, 1.54) is 29.5 Å². The lowest BCUT2D eigenvalue weighted by Gasteiger charge is -2.29. The molecule has 3 aromatic rings. The van der Waals surface area contributed by atoms with Gasteiger partial charge < -0.3 is 15.4 Å². The van der Waals surface area contributed by atoms with Gasteiger partial charge in [-0.15, -0.1) is 0 Å². The molecule has 0 aromatic heterocycles. The maximum atomic E-state index is 12.1. The fourth-order valence-electron chi connectivity index (χ4n) is 4.53. The van der Waals surface area contributed by atoms with Crippen molar-refractivity contribution in [3.63, 3.8) is 0 Å². The lowest BCUT2D eigenvalue weighted by atomic mass is 9.83. The molecular weight excluding hydrogens is 408 g/mol. The van der Waals surface area contributed by atoms with Gasteiger partial charge in [-0.05, 0) is 86.0 Å². The SMILES string of the molecule is CNCCNC(=O)c1ccc(OC2CCC(Cc3ccc(-c4ccccc4)cc3)CC2)cc1. The highest BCUT2D eigenvalue weighted by Crippen LogP contribution is 2.30. The minimum absolute atomic E-state index is 0.0471. The van der Waals surface area contributed by atoms with Crippen LogP contribution < -0.4 is 15.4 Å². The number of amides is 1. The molecule has 0 radical (unpaired) electrons. The molecule has 4 nitrogen and oxygen atoms in total. The van der Waals surface area contributed by atoms with Gasteiger partial charge >= 0.3 is 0 Å². The molecule has 1 aliphatic rings. The van der Waals surface area contributed by atoms with Gasteiger partial charge in [-0.1, -0.05) is 54.6 Å². The van der Waals surface area contributed by atoms with Crippen LogP contribution in [0.4, 0.5) is 0 Å². The van der Waals surface area contributed by atoms with Crippen molar-refractivity contribution in [2.45, 2.75) is 38.2 Å². The zero-order valence-electron chi connectivity index (χ0n) is 19.4. The molecule has 0 spiro atoms. The quantitative estimate of drug-likeness (QED) is 0.431. The van der Waals surface area contributed by atoms with Crippen LogP contribution in [0.3, 0.4) is 0 Å². The molecule has 1 aliphatic carbocycles. The van der Waals surface area contributed by atoms with Crippen molar-refractivity contribution in [1.82, 2.24) is 10.6 Å². The highest BCUT2D eigenvalue weighted by molar-refractivity contribution is 5.94. The van der Waals surface area contributed by atoms with Crippen LogP contribution in [0.5, 0.6) is 5.75 Å². The van der Waals surface area contributed by atoms with E-state index >= 15 is 0 Å². The van der Waals surface area contributed by atoms with E-state index in [-0.39, 0.29) is 12.0 Å².